The van der Waals surface area contributed by atoms with E-state index < -0.39 is 29.3 Å². The molecule has 1 saturated carbocycles. The third-order valence-electron chi connectivity index (χ3n) is 3.99. The highest BCUT2D eigenvalue weighted by atomic mass is 19.1. The Morgan fingerprint density at radius 2 is 2.20 bits per heavy atom. The number of rotatable bonds is 3. The van der Waals surface area contributed by atoms with Gasteiger partial charge in [0.2, 0.25) is 5.95 Å². The minimum atomic E-state index is -0.957. The van der Waals surface area contributed by atoms with Crippen LogP contribution in [-0.2, 0) is 4.79 Å². The van der Waals surface area contributed by atoms with Gasteiger partial charge in [-0.1, -0.05) is 12.8 Å². The number of aliphatic carboxylic acids is 1. The molecule has 1 aliphatic carbocycles. The van der Waals surface area contributed by atoms with Crippen molar-refractivity contribution in [1.82, 2.24) is 10.3 Å². The average molecular weight is 280 g/mol. The Kier molecular flexibility index (Phi) is 4.01. The molecule has 6 heteroatoms. The summed E-state index contributed by atoms with van der Waals surface area (Å²) in [6.07, 6.45) is 4.03. The highest BCUT2D eigenvalue weighted by Gasteiger charge is 2.43. The Morgan fingerprint density at radius 1 is 1.45 bits per heavy atom. The fourth-order valence-corrected chi connectivity index (χ4v) is 2.57. The lowest BCUT2D eigenvalue weighted by molar-refractivity contribution is -0.151. The number of carbonyl (C=O) groups is 2. The molecule has 0 aliphatic heterocycles. The minimum absolute atomic E-state index is 0.227. The van der Waals surface area contributed by atoms with Crippen molar-refractivity contribution < 1.29 is 19.1 Å². The number of hydrogen-bond donors (Lipinski definition) is 2. The molecule has 0 saturated heterocycles. The van der Waals surface area contributed by atoms with Gasteiger partial charge in [-0.3, -0.25) is 9.59 Å². The number of aromatic nitrogens is 1. The van der Waals surface area contributed by atoms with Gasteiger partial charge >= 0.3 is 5.97 Å². The molecule has 0 bridgehead atoms. The lowest BCUT2D eigenvalue weighted by Crippen LogP contribution is -2.52. The number of carboxylic acid groups (broad SMARTS) is 1. The molecule has 0 radical (unpaired) electrons. The quantitative estimate of drug-likeness (QED) is 0.830. The van der Waals surface area contributed by atoms with Crippen LogP contribution in [0.4, 0.5) is 4.39 Å². The maximum Gasteiger partial charge on any atom is 0.311 e. The third-order valence-corrected chi connectivity index (χ3v) is 3.99. The van der Waals surface area contributed by atoms with Gasteiger partial charge < -0.3 is 10.4 Å². The van der Waals surface area contributed by atoms with E-state index >= 15 is 0 Å². The van der Waals surface area contributed by atoms with E-state index in [2.05, 4.69) is 10.3 Å². The molecule has 1 heterocycles. The summed E-state index contributed by atoms with van der Waals surface area (Å²) >= 11 is 0. The van der Waals surface area contributed by atoms with E-state index in [1.54, 1.807) is 6.92 Å². The molecule has 2 rings (SSSR count). The SMILES string of the molecule is CC1(C(=O)O)CCCCC1NC(=O)c1ccc(F)nc1. The standard InChI is InChI=1S/C14H17FN2O3/c1-14(13(19)20)7-3-2-4-10(14)17-12(18)9-5-6-11(15)16-8-9/h5-6,8,10H,2-4,7H2,1H3,(H,17,18)(H,19,20). The second kappa shape index (κ2) is 5.56. The van der Waals surface area contributed by atoms with Gasteiger partial charge in [0, 0.05) is 12.2 Å². The lowest BCUT2D eigenvalue weighted by atomic mass is 9.71. The van der Waals surface area contributed by atoms with E-state index in [-0.39, 0.29) is 5.56 Å². The smallest absolute Gasteiger partial charge is 0.311 e. The number of pyridine rings is 1. The van der Waals surface area contributed by atoms with Crippen LogP contribution >= 0.6 is 0 Å². The van der Waals surface area contributed by atoms with Gasteiger partial charge in [-0.15, -0.1) is 0 Å². The van der Waals surface area contributed by atoms with Crippen LogP contribution in [0.3, 0.4) is 0 Å². The molecule has 0 spiro atoms. The molecule has 2 N–H and O–H groups in total. The zero-order valence-electron chi connectivity index (χ0n) is 11.2. The van der Waals surface area contributed by atoms with E-state index in [1.807, 2.05) is 0 Å². The van der Waals surface area contributed by atoms with E-state index in [4.69, 9.17) is 0 Å². The predicted molar refractivity (Wildman–Crippen MR) is 69.7 cm³/mol. The summed E-state index contributed by atoms with van der Waals surface area (Å²) in [5, 5.41) is 12.1. The molecule has 2 atom stereocenters. The van der Waals surface area contributed by atoms with E-state index in [0.29, 0.717) is 12.8 Å². The lowest BCUT2D eigenvalue weighted by Gasteiger charge is -2.38. The first-order chi connectivity index (χ1) is 9.43. The van der Waals surface area contributed by atoms with Crippen LogP contribution in [0.15, 0.2) is 18.3 Å². The van der Waals surface area contributed by atoms with Gasteiger partial charge in [0.25, 0.3) is 5.91 Å². The maximum atomic E-state index is 12.7. The van der Waals surface area contributed by atoms with Crippen molar-refractivity contribution in [3.8, 4) is 0 Å². The molecular formula is C14H17FN2O3. The fourth-order valence-electron chi connectivity index (χ4n) is 2.57. The van der Waals surface area contributed by atoms with Gasteiger partial charge in [-0.05, 0) is 31.9 Å². The number of hydrogen-bond acceptors (Lipinski definition) is 3. The Balaban J connectivity index is 2.13. The summed E-state index contributed by atoms with van der Waals surface area (Å²) in [6, 6.07) is 2.01. The topological polar surface area (TPSA) is 79.3 Å². The zero-order valence-corrected chi connectivity index (χ0v) is 11.2. The molecule has 108 valence electrons. The normalized spacial score (nSPS) is 26.0. The van der Waals surface area contributed by atoms with Crippen LogP contribution in [0.25, 0.3) is 0 Å². The largest absolute Gasteiger partial charge is 0.481 e. The van der Waals surface area contributed by atoms with Crippen molar-refractivity contribution in [3.63, 3.8) is 0 Å². The first kappa shape index (κ1) is 14.4. The summed E-state index contributed by atoms with van der Waals surface area (Å²) in [6.45, 7) is 1.66. The molecule has 0 aromatic carbocycles. The van der Waals surface area contributed by atoms with Crippen LogP contribution in [-0.4, -0.2) is 28.0 Å². The number of carboxylic acids is 1. The number of nitrogens with one attached hydrogen (secondary N) is 1. The Labute approximate surface area is 116 Å². The number of carbonyl (C=O) groups excluding carboxylic acids is 1. The Hall–Kier alpha value is -1.98. The van der Waals surface area contributed by atoms with Crippen LogP contribution in [0, 0.1) is 11.4 Å². The second-order valence-corrected chi connectivity index (χ2v) is 5.36. The van der Waals surface area contributed by atoms with Crippen molar-refractivity contribution in [2.45, 2.75) is 38.6 Å². The summed E-state index contributed by atoms with van der Waals surface area (Å²) in [5.41, 5.74) is -0.730. The molecule has 1 amide bonds. The van der Waals surface area contributed by atoms with Gasteiger partial charge in [-0.2, -0.15) is 4.39 Å². The molecule has 1 aromatic heterocycles. The van der Waals surface area contributed by atoms with E-state index in [9.17, 15) is 19.1 Å². The summed E-state index contributed by atoms with van der Waals surface area (Å²) in [5.74, 6) is -1.98. The predicted octanol–water partition coefficient (Wildman–Crippen LogP) is 1.98. The van der Waals surface area contributed by atoms with Crippen molar-refractivity contribution in [2.75, 3.05) is 0 Å². The van der Waals surface area contributed by atoms with Crippen molar-refractivity contribution >= 4 is 11.9 Å². The molecule has 2 unspecified atom stereocenters. The molecule has 1 fully saturated rings. The molecule has 20 heavy (non-hydrogen) atoms. The fraction of sp³-hybridized carbons (Fsp3) is 0.500. The van der Waals surface area contributed by atoms with Gasteiger partial charge in [0.15, 0.2) is 0 Å². The second-order valence-electron chi connectivity index (χ2n) is 5.36. The molecule has 5 nitrogen and oxygen atoms in total. The molecule has 1 aromatic rings. The number of halogens is 1. The first-order valence-corrected chi connectivity index (χ1v) is 6.59. The third kappa shape index (κ3) is 2.79. The monoisotopic (exact) mass is 280 g/mol. The van der Waals surface area contributed by atoms with Gasteiger partial charge in [-0.25, -0.2) is 4.98 Å². The molecule has 1 aliphatic rings. The Bertz CT molecular complexity index is 518. The summed E-state index contributed by atoms with van der Waals surface area (Å²) in [7, 11) is 0. The van der Waals surface area contributed by atoms with Gasteiger partial charge in [0.05, 0.1) is 11.0 Å². The summed E-state index contributed by atoms with van der Waals surface area (Å²) < 4.78 is 12.7. The van der Waals surface area contributed by atoms with Crippen LogP contribution < -0.4 is 5.32 Å². The van der Waals surface area contributed by atoms with E-state index in [1.165, 1.54) is 6.07 Å². The maximum absolute atomic E-state index is 12.7. The van der Waals surface area contributed by atoms with Crippen LogP contribution in [0.1, 0.15) is 43.0 Å². The highest BCUT2D eigenvalue weighted by Crippen LogP contribution is 2.36. The van der Waals surface area contributed by atoms with Crippen LogP contribution in [0.2, 0.25) is 0 Å². The molecular weight excluding hydrogens is 263 g/mol. The number of amides is 1. The van der Waals surface area contributed by atoms with Crippen molar-refractivity contribution in [3.05, 3.63) is 29.8 Å². The summed E-state index contributed by atoms with van der Waals surface area (Å²) in [4.78, 5) is 26.9. The Morgan fingerprint density at radius 3 is 2.80 bits per heavy atom. The first-order valence-electron chi connectivity index (χ1n) is 6.59. The van der Waals surface area contributed by atoms with Crippen molar-refractivity contribution in [1.29, 1.82) is 0 Å². The van der Waals surface area contributed by atoms with Crippen LogP contribution in [0.5, 0.6) is 0 Å². The highest BCUT2D eigenvalue weighted by molar-refractivity contribution is 5.94. The zero-order chi connectivity index (χ0) is 14.8. The minimum Gasteiger partial charge on any atom is -0.481 e. The van der Waals surface area contributed by atoms with E-state index in [0.717, 1.165) is 25.1 Å². The average Bonchev–Trinajstić information content (AvgIpc) is 2.42. The number of nitrogens with zero attached hydrogens (tertiary/aromatic N) is 1. The van der Waals surface area contributed by atoms with Crippen molar-refractivity contribution in [2.24, 2.45) is 5.41 Å². The van der Waals surface area contributed by atoms with Gasteiger partial charge in [0.1, 0.15) is 0 Å².